The predicted molar refractivity (Wildman–Crippen MR) is 83.2 cm³/mol. The molecule has 0 spiro atoms. The Labute approximate surface area is 136 Å². The second kappa shape index (κ2) is 8.85. The number of aryl methyl sites for hydroxylation is 1. The van der Waals surface area contributed by atoms with Crippen LogP contribution in [0.2, 0.25) is 0 Å². The van der Waals surface area contributed by atoms with E-state index in [1.165, 1.54) is 12.7 Å². The predicted octanol–water partition coefficient (Wildman–Crippen LogP) is -1.89. The van der Waals surface area contributed by atoms with Crippen molar-refractivity contribution >= 4 is 17.5 Å². The van der Waals surface area contributed by atoms with Gasteiger partial charge in [-0.25, -0.2) is 10.1 Å². The maximum atomic E-state index is 11.3. The number of halogens is 1. The molecule has 0 radical (unpaired) electrons. The van der Waals surface area contributed by atoms with Crippen molar-refractivity contribution in [1.29, 1.82) is 0 Å². The van der Waals surface area contributed by atoms with E-state index in [9.17, 15) is 4.79 Å². The minimum atomic E-state index is -0.311. The van der Waals surface area contributed by atoms with Gasteiger partial charge in [-0.1, -0.05) is 35.9 Å². The zero-order valence-electron chi connectivity index (χ0n) is 12.6. The molecule has 0 unspecified atom stereocenters. The van der Waals surface area contributed by atoms with E-state index < -0.39 is 0 Å². The molecule has 0 aliphatic carbocycles. The molecule has 2 aromatic rings. The average molecular weight is 319 g/mol. The molecule has 2 rings (SSSR count). The van der Waals surface area contributed by atoms with Gasteiger partial charge in [0, 0.05) is 0 Å². The lowest BCUT2D eigenvalue weighted by molar-refractivity contribution is -0.446. The Hall–Kier alpha value is -2.33. The van der Waals surface area contributed by atoms with Gasteiger partial charge in [-0.2, -0.15) is 0 Å². The van der Waals surface area contributed by atoms with E-state index in [1.54, 1.807) is 0 Å². The smallest absolute Gasteiger partial charge is 0.347 e. The van der Waals surface area contributed by atoms with Gasteiger partial charge in [0.2, 0.25) is 0 Å². The Morgan fingerprint density at radius 1 is 1.09 bits per heavy atom. The molecule has 5 heteroatoms. The first-order valence-corrected chi connectivity index (χ1v) is 6.76. The Balaban J connectivity index is 0.00000242. The van der Waals surface area contributed by atoms with Crippen molar-refractivity contribution in [3.8, 4) is 0 Å². The number of benzene rings is 2. The quantitative estimate of drug-likeness (QED) is 0.394. The highest BCUT2D eigenvalue weighted by Gasteiger charge is 2.12. The van der Waals surface area contributed by atoms with E-state index in [-0.39, 0.29) is 24.9 Å². The third kappa shape index (κ3) is 5.22. The zero-order valence-corrected chi connectivity index (χ0v) is 13.4. The van der Waals surface area contributed by atoms with Crippen LogP contribution in [0.4, 0.5) is 5.69 Å². The minimum absolute atomic E-state index is 0. The number of hydrogen-bond donors (Lipinski definition) is 2. The molecule has 2 N–H and O–H groups in total. The number of ether oxygens (including phenoxy) is 1. The fraction of sp³-hybridized carbons (Fsp3) is 0.176. The van der Waals surface area contributed by atoms with Gasteiger partial charge >= 0.3 is 5.97 Å². The largest absolute Gasteiger partial charge is 1.00 e. The van der Waals surface area contributed by atoms with Crippen LogP contribution in [0.15, 0.2) is 54.6 Å². The lowest BCUT2D eigenvalue weighted by atomic mass is 10.2. The van der Waals surface area contributed by atoms with E-state index in [2.05, 4.69) is 15.0 Å². The highest BCUT2D eigenvalue weighted by Crippen LogP contribution is 2.09. The van der Waals surface area contributed by atoms with E-state index in [1.807, 2.05) is 61.5 Å². The van der Waals surface area contributed by atoms with Crippen molar-refractivity contribution in [2.45, 2.75) is 6.92 Å². The molecule has 0 atom stereocenters. The summed E-state index contributed by atoms with van der Waals surface area (Å²) in [6.45, 7) is 2.15. The first kappa shape index (κ1) is 17.7. The summed E-state index contributed by atoms with van der Waals surface area (Å²) in [4.78, 5) is 14.4. The van der Waals surface area contributed by atoms with Crippen LogP contribution in [0.5, 0.6) is 0 Å². The summed E-state index contributed by atoms with van der Waals surface area (Å²) in [5, 5.41) is 3.30. The monoisotopic (exact) mass is 318 g/mol. The van der Waals surface area contributed by atoms with Gasteiger partial charge in [-0.15, -0.1) is 0 Å². The van der Waals surface area contributed by atoms with Gasteiger partial charge in [0.1, 0.15) is 5.69 Å². The first-order chi connectivity index (χ1) is 10.2. The maximum Gasteiger partial charge on any atom is 0.347 e. The van der Waals surface area contributed by atoms with Crippen LogP contribution in [0.1, 0.15) is 11.1 Å². The van der Waals surface area contributed by atoms with Crippen molar-refractivity contribution in [3.05, 3.63) is 65.7 Å². The van der Waals surface area contributed by atoms with Gasteiger partial charge in [-0.3, -0.25) is 4.99 Å². The third-order valence-electron chi connectivity index (χ3n) is 3.02. The molecule has 22 heavy (non-hydrogen) atoms. The van der Waals surface area contributed by atoms with Crippen LogP contribution >= 0.6 is 0 Å². The zero-order chi connectivity index (χ0) is 15.1. The second-order valence-corrected chi connectivity index (χ2v) is 4.66. The van der Waals surface area contributed by atoms with Gasteiger partial charge in [0.25, 0.3) is 5.84 Å². The molecule has 0 saturated heterocycles. The topological polar surface area (TPSA) is 52.3 Å². The van der Waals surface area contributed by atoms with Crippen molar-refractivity contribution in [1.82, 2.24) is 0 Å². The summed E-state index contributed by atoms with van der Waals surface area (Å²) in [7, 11) is 1.37. The summed E-state index contributed by atoms with van der Waals surface area (Å²) in [6, 6.07) is 17.9. The van der Waals surface area contributed by atoms with Crippen molar-refractivity contribution < 1.29 is 26.9 Å². The molecule has 0 fully saturated rings. The van der Waals surface area contributed by atoms with Crippen LogP contribution in [0, 0.1) is 6.92 Å². The molecular weight excluding hydrogens is 300 g/mol. The Bertz CT molecular complexity index is 625. The Morgan fingerprint density at radius 2 is 1.73 bits per heavy atom. The lowest BCUT2D eigenvalue weighted by Crippen LogP contribution is -3.00. The fourth-order valence-corrected chi connectivity index (χ4v) is 1.84. The molecule has 0 aliphatic heterocycles. The number of carbonyl (C=O) groups excluding carboxylic acids is 1. The first-order valence-electron chi connectivity index (χ1n) is 6.76. The standard InChI is InChI=1S/C17H18N2O2.ClH/c1-13-8-10-15(11-9-13)19-17(18-12-16(20)21-2)14-6-4-3-5-7-14;/h3-11H,12H2,1-2H3,(H,18,19);1H. The summed E-state index contributed by atoms with van der Waals surface area (Å²) in [5.41, 5.74) is 3.13. The number of methoxy groups -OCH3 is 1. The van der Waals surface area contributed by atoms with Crippen molar-refractivity contribution in [3.63, 3.8) is 0 Å². The van der Waals surface area contributed by atoms with Gasteiger partial charge in [0.15, 0.2) is 6.54 Å². The number of amidine groups is 1. The fourth-order valence-electron chi connectivity index (χ4n) is 1.84. The SMILES string of the molecule is COC(=O)C[NH+]=C(Nc1ccc(C)cc1)c1ccccc1.[Cl-]. The lowest BCUT2D eigenvalue weighted by Gasteiger charge is -2.04. The van der Waals surface area contributed by atoms with E-state index in [0.29, 0.717) is 0 Å². The number of anilines is 1. The normalized spacial score (nSPS) is 10.5. The van der Waals surface area contributed by atoms with Crippen molar-refractivity contribution in [2.75, 3.05) is 19.0 Å². The van der Waals surface area contributed by atoms with Crippen LogP contribution in [0.25, 0.3) is 0 Å². The molecule has 0 amide bonds. The van der Waals surface area contributed by atoms with Crippen LogP contribution in [-0.2, 0) is 9.53 Å². The second-order valence-electron chi connectivity index (χ2n) is 4.66. The molecule has 2 aromatic carbocycles. The van der Waals surface area contributed by atoms with E-state index in [0.717, 1.165) is 17.1 Å². The highest BCUT2D eigenvalue weighted by molar-refractivity contribution is 6.04. The van der Waals surface area contributed by atoms with Crippen LogP contribution < -0.4 is 22.7 Å². The summed E-state index contributed by atoms with van der Waals surface area (Å²) in [6.07, 6.45) is 0. The highest BCUT2D eigenvalue weighted by atomic mass is 35.5. The number of carbonyl (C=O) groups is 1. The number of hydrogen-bond acceptors (Lipinski definition) is 2. The molecule has 0 heterocycles. The molecular formula is C17H19ClN2O2. The molecule has 0 bridgehead atoms. The number of esters is 1. The van der Waals surface area contributed by atoms with Crippen LogP contribution in [0.3, 0.4) is 0 Å². The van der Waals surface area contributed by atoms with Crippen molar-refractivity contribution in [2.24, 2.45) is 0 Å². The molecule has 4 nitrogen and oxygen atoms in total. The van der Waals surface area contributed by atoms with Gasteiger partial charge in [-0.05, 0) is 31.2 Å². The minimum Gasteiger partial charge on any atom is -1.00 e. The number of rotatable bonds is 4. The Kier molecular flexibility index (Phi) is 7.13. The van der Waals surface area contributed by atoms with Gasteiger partial charge < -0.3 is 17.1 Å². The average Bonchev–Trinajstić information content (AvgIpc) is 2.53. The van der Waals surface area contributed by atoms with E-state index >= 15 is 0 Å². The molecule has 116 valence electrons. The summed E-state index contributed by atoms with van der Waals surface area (Å²) < 4.78 is 4.66. The third-order valence-corrected chi connectivity index (χ3v) is 3.02. The molecule has 0 aliphatic rings. The van der Waals surface area contributed by atoms with Crippen LogP contribution in [-0.4, -0.2) is 25.5 Å². The molecule has 0 saturated carbocycles. The Morgan fingerprint density at radius 3 is 2.32 bits per heavy atom. The maximum absolute atomic E-state index is 11.3. The number of nitrogens with one attached hydrogen (secondary N) is 2. The van der Waals surface area contributed by atoms with E-state index in [4.69, 9.17) is 0 Å². The summed E-state index contributed by atoms with van der Waals surface area (Å²) >= 11 is 0. The van der Waals surface area contributed by atoms with Gasteiger partial charge in [0.05, 0.1) is 12.7 Å². The molecule has 0 aromatic heterocycles. The summed E-state index contributed by atoms with van der Waals surface area (Å²) in [5.74, 6) is 0.457.